The highest BCUT2D eigenvalue weighted by molar-refractivity contribution is 7.19. The fourth-order valence-electron chi connectivity index (χ4n) is 8.29. The molecule has 9 aromatic rings. The molecule has 6 aromatic carbocycles. The Bertz CT molecular complexity index is 2830. The van der Waals surface area contributed by atoms with Crippen LogP contribution in [-0.4, -0.2) is 6.17 Å². The number of rotatable bonds is 4. The third-order valence-electron chi connectivity index (χ3n) is 10.7. The molecule has 1 fully saturated rings. The summed E-state index contributed by atoms with van der Waals surface area (Å²) in [5.74, 6) is 0. The predicted molar refractivity (Wildman–Crippen MR) is 210 cm³/mol. The van der Waals surface area contributed by atoms with Gasteiger partial charge < -0.3 is 8.83 Å². The number of hydrogen-bond acceptors (Lipinski definition) is 6. The first-order chi connectivity index (χ1) is 25.2. The van der Waals surface area contributed by atoms with E-state index in [1.54, 1.807) is 0 Å². The lowest BCUT2D eigenvalue weighted by molar-refractivity contribution is 0.234. The van der Waals surface area contributed by atoms with Gasteiger partial charge >= 0.3 is 0 Å². The molecule has 0 radical (unpaired) electrons. The van der Waals surface area contributed by atoms with Gasteiger partial charge in [0.2, 0.25) is 0 Å². The summed E-state index contributed by atoms with van der Waals surface area (Å²) in [4.78, 5) is 1.47. The quantitative estimate of drug-likeness (QED) is 0.173. The van der Waals surface area contributed by atoms with Gasteiger partial charge in [0.15, 0.2) is 0 Å². The highest BCUT2D eigenvalue weighted by Gasteiger charge is 2.35. The Morgan fingerprint density at radius 1 is 0.529 bits per heavy atom. The summed E-state index contributed by atoms with van der Waals surface area (Å²) in [7, 11) is 0. The van der Waals surface area contributed by atoms with Crippen molar-refractivity contribution in [3.8, 4) is 11.1 Å². The van der Waals surface area contributed by atoms with Crippen molar-refractivity contribution in [3.63, 3.8) is 0 Å². The number of hydrogen-bond donors (Lipinski definition) is 3. The maximum atomic E-state index is 6.74. The van der Waals surface area contributed by atoms with Gasteiger partial charge in [0.05, 0.1) is 18.5 Å². The van der Waals surface area contributed by atoms with E-state index < -0.39 is 0 Å². The monoisotopic (exact) mass is 679 g/mol. The van der Waals surface area contributed by atoms with Crippen molar-refractivity contribution in [2.45, 2.75) is 31.3 Å². The lowest BCUT2D eigenvalue weighted by Crippen LogP contribution is -2.59. The van der Waals surface area contributed by atoms with Crippen LogP contribution in [0.15, 0.2) is 148 Å². The predicted octanol–water partition coefficient (Wildman–Crippen LogP) is 11.2. The smallest absolute Gasteiger partial charge is 0.141 e. The molecule has 51 heavy (non-hydrogen) atoms. The second kappa shape index (κ2) is 11.5. The molecular formula is C45H33N3O2S. The molecule has 3 N–H and O–H groups in total. The van der Waals surface area contributed by atoms with Crippen LogP contribution in [0.4, 0.5) is 0 Å². The lowest BCUT2D eigenvalue weighted by Gasteiger charge is -2.41. The zero-order valence-corrected chi connectivity index (χ0v) is 28.5. The van der Waals surface area contributed by atoms with Gasteiger partial charge in [-0.2, -0.15) is 0 Å². The molecule has 1 saturated heterocycles. The van der Waals surface area contributed by atoms with Gasteiger partial charge in [-0.3, -0.25) is 16.0 Å². The summed E-state index contributed by atoms with van der Waals surface area (Å²) < 4.78 is 14.2. The third kappa shape index (κ3) is 4.72. The van der Waals surface area contributed by atoms with Gasteiger partial charge in [0.1, 0.15) is 22.3 Å². The minimum Gasteiger partial charge on any atom is -0.456 e. The molecule has 1 aliphatic heterocycles. The number of thiophene rings is 1. The maximum Gasteiger partial charge on any atom is 0.141 e. The zero-order chi connectivity index (χ0) is 33.5. The van der Waals surface area contributed by atoms with Crippen LogP contribution in [0.1, 0.15) is 40.3 Å². The van der Waals surface area contributed by atoms with Gasteiger partial charge in [0, 0.05) is 47.6 Å². The van der Waals surface area contributed by atoms with E-state index >= 15 is 0 Å². The van der Waals surface area contributed by atoms with Crippen molar-refractivity contribution in [1.82, 2.24) is 16.0 Å². The number of allylic oxidation sites excluding steroid dienone is 1. The van der Waals surface area contributed by atoms with Crippen molar-refractivity contribution in [3.05, 3.63) is 161 Å². The van der Waals surface area contributed by atoms with Crippen LogP contribution in [0.3, 0.4) is 0 Å². The molecule has 5 nitrogen and oxygen atoms in total. The molecule has 0 spiro atoms. The van der Waals surface area contributed by atoms with Gasteiger partial charge in [0.25, 0.3) is 0 Å². The molecule has 4 heterocycles. The van der Waals surface area contributed by atoms with Crippen molar-refractivity contribution in [1.29, 1.82) is 0 Å². The minimum absolute atomic E-state index is 0.0706. The van der Waals surface area contributed by atoms with E-state index in [1.165, 1.54) is 31.7 Å². The SMILES string of the molecule is C1=C(C2NC(c3ccccc3)NC(c3cccc4c3oc3ccc(-c5ccc6oc7ccccc7c6c5)cc34)N2)c2c(sc3ccccc23)CC1. The summed E-state index contributed by atoms with van der Waals surface area (Å²) >= 11 is 1.94. The van der Waals surface area contributed by atoms with Gasteiger partial charge in [-0.05, 0) is 71.5 Å². The molecule has 0 saturated carbocycles. The number of furan rings is 2. The Balaban J connectivity index is 1.01. The first kappa shape index (κ1) is 29.3. The van der Waals surface area contributed by atoms with E-state index in [2.05, 4.69) is 143 Å². The number of aryl methyl sites for hydroxylation is 1. The number of para-hydroxylation sites is 2. The van der Waals surface area contributed by atoms with Crippen molar-refractivity contribution < 1.29 is 8.83 Å². The van der Waals surface area contributed by atoms with E-state index in [4.69, 9.17) is 8.83 Å². The summed E-state index contributed by atoms with van der Waals surface area (Å²) in [6, 6.07) is 47.3. The number of nitrogens with one attached hydrogen (secondary N) is 3. The Morgan fingerprint density at radius 2 is 1.20 bits per heavy atom. The molecular weight excluding hydrogens is 647 g/mol. The molecule has 1 aliphatic carbocycles. The lowest BCUT2D eigenvalue weighted by atomic mass is 9.91. The molecule has 0 bridgehead atoms. The van der Waals surface area contributed by atoms with Crippen LogP contribution in [0, 0.1) is 0 Å². The molecule has 246 valence electrons. The zero-order valence-electron chi connectivity index (χ0n) is 27.7. The van der Waals surface area contributed by atoms with Crippen molar-refractivity contribution >= 4 is 70.9 Å². The van der Waals surface area contributed by atoms with E-state index in [-0.39, 0.29) is 18.5 Å². The maximum absolute atomic E-state index is 6.74. The first-order valence-electron chi connectivity index (χ1n) is 17.7. The summed E-state index contributed by atoms with van der Waals surface area (Å²) in [6.45, 7) is 0. The Hall–Kier alpha value is -5.50. The Kier molecular flexibility index (Phi) is 6.61. The standard InChI is InChI=1S/C45H33N3O2S/c1-2-10-26(11-3-1)43-46-44(32-15-9-19-40-41(32)31-13-5-7-18-39(31)51-40)48-45(47-43)33-16-8-14-30-35-25-28(21-23-38(35)50-42(30)33)27-20-22-37-34(24-27)29-12-4-6-17-36(29)49-37/h1-8,10-18,20-25,43-48H,9,19H2. The normalized spacial score (nSPS) is 19.3. The van der Waals surface area contributed by atoms with Crippen LogP contribution < -0.4 is 16.0 Å². The summed E-state index contributed by atoms with van der Waals surface area (Å²) in [5.41, 5.74) is 10.9. The molecule has 6 heteroatoms. The highest BCUT2D eigenvalue weighted by atomic mass is 32.1. The molecule has 3 unspecified atom stereocenters. The molecule has 2 aliphatic rings. The van der Waals surface area contributed by atoms with E-state index in [1.807, 2.05) is 23.5 Å². The molecule has 3 atom stereocenters. The van der Waals surface area contributed by atoms with Crippen LogP contribution in [-0.2, 0) is 6.42 Å². The Labute approximate surface area is 298 Å². The van der Waals surface area contributed by atoms with Crippen molar-refractivity contribution in [2.24, 2.45) is 0 Å². The van der Waals surface area contributed by atoms with E-state index in [9.17, 15) is 0 Å². The fourth-order valence-corrected chi connectivity index (χ4v) is 9.53. The number of benzene rings is 6. The molecule has 3 aromatic heterocycles. The van der Waals surface area contributed by atoms with Gasteiger partial charge in [-0.15, -0.1) is 11.3 Å². The third-order valence-corrected chi connectivity index (χ3v) is 11.9. The highest BCUT2D eigenvalue weighted by Crippen LogP contribution is 2.43. The summed E-state index contributed by atoms with van der Waals surface area (Å²) in [5, 5.41) is 17.6. The average Bonchev–Trinajstić information content (AvgIpc) is 3.88. The van der Waals surface area contributed by atoms with Gasteiger partial charge in [-0.25, -0.2) is 0 Å². The van der Waals surface area contributed by atoms with E-state index in [0.717, 1.165) is 73.4 Å². The van der Waals surface area contributed by atoms with Crippen molar-refractivity contribution in [2.75, 3.05) is 0 Å². The fraction of sp³-hybridized carbons (Fsp3) is 0.111. The van der Waals surface area contributed by atoms with Crippen LogP contribution in [0.2, 0.25) is 0 Å². The van der Waals surface area contributed by atoms with E-state index in [0.29, 0.717) is 0 Å². The van der Waals surface area contributed by atoms with Gasteiger partial charge in [-0.1, -0.05) is 103 Å². The summed E-state index contributed by atoms with van der Waals surface area (Å²) in [6.07, 6.45) is 4.25. The van der Waals surface area contributed by atoms with Crippen LogP contribution >= 0.6 is 11.3 Å². The first-order valence-corrected chi connectivity index (χ1v) is 18.5. The largest absolute Gasteiger partial charge is 0.456 e. The number of fused-ring (bicyclic) bond motifs is 9. The average molecular weight is 680 g/mol. The van der Waals surface area contributed by atoms with Crippen LogP contribution in [0.25, 0.3) is 70.7 Å². The molecule has 0 amide bonds. The van der Waals surface area contributed by atoms with Crippen LogP contribution in [0.5, 0.6) is 0 Å². The minimum atomic E-state index is -0.168. The second-order valence-corrected chi connectivity index (χ2v) is 14.8. The second-order valence-electron chi connectivity index (χ2n) is 13.7. The topological polar surface area (TPSA) is 62.4 Å². The molecule has 11 rings (SSSR count). The Morgan fingerprint density at radius 3 is 2.06 bits per heavy atom.